The summed E-state index contributed by atoms with van der Waals surface area (Å²) in [6.07, 6.45) is 2.79. The number of hydrogen-bond donors (Lipinski definition) is 1. The first-order chi connectivity index (χ1) is 13.2. The molecule has 2 aromatic rings. The van der Waals surface area contributed by atoms with Crippen LogP contribution in [-0.2, 0) is 21.2 Å². The molecule has 0 radical (unpaired) electrons. The van der Waals surface area contributed by atoms with Gasteiger partial charge in [-0.15, -0.1) is 0 Å². The van der Waals surface area contributed by atoms with Crippen LogP contribution in [0.25, 0.3) is 0 Å². The van der Waals surface area contributed by atoms with E-state index >= 15 is 0 Å². The average Bonchev–Trinajstić information content (AvgIpc) is 2.63. The van der Waals surface area contributed by atoms with Gasteiger partial charge in [0, 0.05) is 6.54 Å². The lowest BCUT2D eigenvalue weighted by atomic mass is 10.0. The zero-order chi connectivity index (χ0) is 20.7. The van der Waals surface area contributed by atoms with E-state index in [9.17, 15) is 13.2 Å². The van der Waals surface area contributed by atoms with Crippen LogP contribution in [-0.4, -0.2) is 33.7 Å². The maximum atomic E-state index is 12.3. The van der Waals surface area contributed by atoms with Gasteiger partial charge >= 0.3 is 0 Å². The molecule has 0 heterocycles. The van der Waals surface area contributed by atoms with E-state index in [4.69, 9.17) is 0 Å². The second-order valence-corrected chi connectivity index (χ2v) is 9.31. The van der Waals surface area contributed by atoms with Gasteiger partial charge < -0.3 is 5.32 Å². The Balaban J connectivity index is 1.87. The van der Waals surface area contributed by atoms with Gasteiger partial charge in [-0.05, 0) is 48.4 Å². The van der Waals surface area contributed by atoms with Crippen molar-refractivity contribution >= 4 is 21.6 Å². The van der Waals surface area contributed by atoms with Gasteiger partial charge in [0.05, 0.1) is 11.9 Å². The van der Waals surface area contributed by atoms with E-state index in [1.165, 1.54) is 11.1 Å². The lowest BCUT2D eigenvalue weighted by Gasteiger charge is -2.23. The molecule has 0 aliphatic carbocycles. The van der Waals surface area contributed by atoms with Crippen LogP contribution in [0.3, 0.4) is 0 Å². The van der Waals surface area contributed by atoms with Crippen molar-refractivity contribution in [2.24, 2.45) is 0 Å². The zero-order valence-corrected chi connectivity index (χ0v) is 17.9. The Morgan fingerprint density at radius 2 is 1.71 bits per heavy atom. The summed E-state index contributed by atoms with van der Waals surface area (Å²) in [7, 11) is -3.55. The molecular formula is C22H30N2O3S. The minimum Gasteiger partial charge on any atom is -0.355 e. The summed E-state index contributed by atoms with van der Waals surface area (Å²) in [5.41, 5.74) is 3.89. The summed E-state index contributed by atoms with van der Waals surface area (Å²) in [5, 5.41) is 2.83. The lowest BCUT2D eigenvalue weighted by molar-refractivity contribution is -0.119. The fraction of sp³-hybridized carbons (Fsp3) is 0.409. The lowest BCUT2D eigenvalue weighted by Crippen LogP contribution is -2.41. The third kappa shape index (κ3) is 6.37. The van der Waals surface area contributed by atoms with Crippen LogP contribution in [0.1, 0.15) is 42.9 Å². The van der Waals surface area contributed by atoms with Crippen LogP contribution in [0, 0.1) is 6.92 Å². The fourth-order valence-corrected chi connectivity index (χ4v) is 3.91. The first kappa shape index (κ1) is 22.0. The molecule has 0 aromatic heterocycles. The molecule has 0 spiro atoms. The highest BCUT2D eigenvalue weighted by Crippen LogP contribution is 2.21. The third-order valence-electron chi connectivity index (χ3n) is 4.68. The topological polar surface area (TPSA) is 66.5 Å². The summed E-state index contributed by atoms with van der Waals surface area (Å²) in [4.78, 5) is 12.3. The number of carbonyl (C=O) groups is 1. The highest BCUT2D eigenvalue weighted by atomic mass is 32.2. The second-order valence-electron chi connectivity index (χ2n) is 7.41. The molecule has 0 saturated carbocycles. The first-order valence-electron chi connectivity index (χ1n) is 9.57. The Morgan fingerprint density at radius 1 is 1.07 bits per heavy atom. The maximum absolute atomic E-state index is 12.3. The van der Waals surface area contributed by atoms with Gasteiger partial charge in [0.15, 0.2) is 0 Å². The molecule has 2 aromatic carbocycles. The molecule has 152 valence electrons. The molecule has 1 amide bonds. The molecule has 0 bridgehead atoms. The van der Waals surface area contributed by atoms with Gasteiger partial charge in [-0.25, -0.2) is 8.42 Å². The van der Waals surface area contributed by atoms with Gasteiger partial charge in [0.2, 0.25) is 15.9 Å². The summed E-state index contributed by atoms with van der Waals surface area (Å²) in [5.74, 6) is 0.211. The molecule has 0 aliphatic heterocycles. The molecule has 0 unspecified atom stereocenters. The Kier molecular flexibility index (Phi) is 7.63. The van der Waals surface area contributed by atoms with E-state index < -0.39 is 10.0 Å². The van der Waals surface area contributed by atoms with E-state index in [1.807, 2.05) is 19.1 Å². The smallest absolute Gasteiger partial charge is 0.240 e. The SMILES string of the molecule is Cc1ccccc1N(CC(=O)NCCCc1ccc(C(C)C)cc1)S(C)(=O)=O. The van der Waals surface area contributed by atoms with Crippen LogP contribution in [0.5, 0.6) is 0 Å². The molecule has 5 nitrogen and oxygen atoms in total. The number of aryl methyl sites for hydroxylation is 2. The number of nitrogens with one attached hydrogen (secondary N) is 1. The number of para-hydroxylation sites is 1. The van der Waals surface area contributed by atoms with Crippen LogP contribution >= 0.6 is 0 Å². The third-order valence-corrected chi connectivity index (χ3v) is 5.81. The van der Waals surface area contributed by atoms with Crippen molar-refractivity contribution in [3.8, 4) is 0 Å². The Hall–Kier alpha value is -2.34. The maximum Gasteiger partial charge on any atom is 0.240 e. The fourth-order valence-electron chi connectivity index (χ4n) is 3.00. The number of rotatable bonds is 9. The molecular weight excluding hydrogens is 372 g/mol. The molecule has 1 N–H and O–H groups in total. The normalized spacial score (nSPS) is 11.5. The molecule has 28 heavy (non-hydrogen) atoms. The highest BCUT2D eigenvalue weighted by Gasteiger charge is 2.21. The van der Waals surface area contributed by atoms with E-state index in [0.717, 1.165) is 29.0 Å². The number of amides is 1. The summed E-state index contributed by atoms with van der Waals surface area (Å²) >= 11 is 0. The quantitative estimate of drug-likeness (QED) is 0.651. The van der Waals surface area contributed by atoms with Gasteiger partial charge in [0.25, 0.3) is 0 Å². The largest absolute Gasteiger partial charge is 0.355 e. The van der Waals surface area contributed by atoms with Crippen molar-refractivity contribution in [1.29, 1.82) is 0 Å². The minimum atomic E-state index is -3.55. The Labute approximate surface area is 168 Å². The summed E-state index contributed by atoms with van der Waals surface area (Å²) in [6.45, 7) is 6.46. The number of nitrogens with zero attached hydrogens (tertiary/aromatic N) is 1. The molecule has 0 saturated heterocycles. The number of anilines is 1. The van der Waals surface area contributed by atoms with Crippen molar-refractivity contribution in [2.75, 3.05) is 23.7 Å². The van der Waals surface area contributed by atoms with Gasteiger partial charge in [-0.2, -0.15) is 0 Å². The number of sulfonamides is 1. The van der Waals surface area contributed by atoms with Gasteiger partial charge in [-0.1, -0.05) is 56.3 Å². The predicted octanol–water partition coefficient (Wildman–Crippen LogP) is 3.63. The van der Waals surface area contributed by atoms with Crippen LogP contribution < -0.4 is 9.62 Å². The van der Waals surface area contributed by atoms with Gasteiger partial charge in [0.1, 0.15) is 6.54 Å². The molecule has 0 atom stereocenters. The van der Waals surface area contributed by atoms with Crippen molar-refractivity contribution in [3.63, 3.8) is 0 Å². The van der Waals surface area contributed by atoms with E-state index in [0.29, 0.717) is 18.2 Å². The Bertz CT molecular complexity index is 890. The summed E-state index contributed by atoms with van der Waals surface area (Å²) < 4.78 is 25.5. The zero-order valence-electron chi connectivity index (χ0n) is 17.1. The van der Waals surface area contributed by atoms with E-state index in [1.54, 1.807) is 12.1 Å². The van der Waals surface area contributed by atoms with Crippen LogP contribution in [0.4, 0.5) is 5.69 Å². The predicted molar refractivity (Wildman–Crippen MR) is 115 cm³/mol. The number of benzene rings is 2. The van der Waals surface area contributed by atoms with Crippen LogP contribution in [0.2, 0.25) is 0 Å². The van der Waals surface area contributed by atoms with Crippen molar-refractivity contribution in [3.05, 3.63) is 65.2 Å². The van der Waals surface area contributed by atoms with Crippen molar-refractivity contribution in [2.45, 2.75) is 39.5 Å². The molecule has 0 aliphatic rings. The monoisotopic (exact) mass is 402 g/mol. The molecule has 0 fully saturated rings. The summed E-state index contributed by atoms with van der Waals surface area (Å²) in [6, 6.07) is 15.7. The molecule has 6 heteroatoms. The second kappa shape index (κ2) is 9.73. The standard InChI is InChI=1S/C22H30N2O3S/c1-17(2)20-13-11-19(12-14-20)9-7-15-23-22(25)16-24(28(4,26)27)21-10-6-5-8-18(21)3/h5-6,8,10-14,17H,7,9,15-16H2,1-4H3,(H,23,25). The molecule has 2 rings (SSSR count). The first-order valence-corrected chi connectivity index (χ1v) is 11.4. The minimum absolute atomic E-state index is 0.216. The van der Waals surface area contributed by atoms with Crippen molar-refractivity contribution < 1.29 is 13.2 Å². The van der Waals surface area contributed by atoms with Crippen LogP contribution in [0.15, 0.2) is 48.5 Å². The van der Waals surface area contributed by atoms with Gasteiger partial charge in [-0.3, -0.25) is 9.10 Å². The number of carbonyl (C=O) groups excluding carboxylic acids is 1. The highest BCUT2D eigenvalue weighted by molar-refractivity contribution is 7.92. The van der Waals surface area contributed by atoms with Crippen molar-refractivity contribution in [1.82, 2.24) is 5.32 Å². The Morgan fingerprint density at radius 3 is 2.29 bits per heavy atom. The number of hydrogen-bond acceptors (Lipinski definition) is 3. The average molecular weight is 403 g/mol. The van der Waals surface area contributed by atoms with E-state index in [-0.39, 0.29) is 12.5 Å². The van der Waals surface area contributed by atoms with E-state index in [2.05, 4.69) is 43.4 Å².